The SMILES string of the molecule is CCOC(=O)CCCNC(=NC)N1CCC2(CCC2)C1. The highest BCUT2D eigenvalue weighted by atomic mass is 16.5. The van der Waals surface area contributed by atoms with Crippen LogP contribution < -0.4 is 5.32 Å². The van der Waals surface area contributed by atoms with E-state index in [2.05, 4.69) is 15.2 Å². The molecule has 0 aromatic carbocycles. The molecular weight excluding hydrogens is 254 g/mol. The maximum atomic E-state index is 11.3. The Morgan fingerprint density at radius 3 is 2.75 bits per heavy atom. The molecule has 20 heavy (non-hydrogen) atoms. The van der Waals surface area contributed by atoms with Crippen molar-refractivity contribution in [1.82, 2.24) is 10.2 Å². The van der Waals surface area contributed by atoms with E-state index >= 15 is 0 Å². The van der Waals surface area contributed by atoms with Crippen LogP contribution in [0.3, 0.4) is 0 Å². The van der Waals surface area contributed by atoms with Gasteiger partial charge < -0.3 is 15.0 Å². The lowest BCUT2D eigenvalue weighted by molar-refractivity contribution is -0.143. The van der Waals surface area contributed by atoms with Gasteiger partial charge in [0.2, 0.25) is 0 Å². The number of nitrogens with zero attached hydrogens (tertiary/aromatic N) is 2. The van der Waals surface area contributed by atoms with Crippen molar-refractivity contribution >= 4 is 11.9 Å². The maximum Gasteiger partial charge on any atom is 0.305 e. The van der Waals surface area contributed by atoms with Crippen LogP contribution in [0, 0.1) is 5.41 Å². The highest BCUT2D eigenvalue weighted by molar-refractivity contribution is 5.80. The Morgan fingerprint density at radius 2 is 2.20 bits per heavy atom. The van der Waals surface area contributed by atoms with Crippen LogP contribution in [0.2, 0.25) is 0 Å². The van der Waals surface area contributed by atoms with Crippen LogP contribution in [0.1, 0.15) is 45.4 Å². The van der Waals surface area contributed by atoms with E-state index in [9.17, 15) is 4.79 Å². The highest BCUT2D eigenvalue weighted by Crippen LogP contribution is 2.47. The van der Waals surface area contributed by atoms with E-state index in [-0.39, 0.29) is 5.97 Å². The number of ether oxygens (including phenoxy) is 1. The summed E-state index contributed by atoms with van der Waals surface area (Å²) in [6.45, 7) is 5.32. The number of guanidine groups is 1. The number of likely N-dealkylation sites (tertiary alicyclic amines) is 1. The Hall–Kier alpha value is -1.26. The minimum Gasteiger partial charge on any atom is -0.466 e. The molecular formula is C15H27N3O2. The molecule has 2 fully saturated rings. The summed E-state index contributed by atoms with van der Waals surface area (Å²) >= 11 is 0. The molecule has 5 heteroatoms. The van der Waals surface area contributed by atoms with Gasteiger partial charge in [0, 0.05) is 33.1 Å². The molecule has 0 radical (unpaired) electrons. The second kappa shape index (κ2) is 6.95. The monoisotopic (exact) mass is 281 g/mol. The van der Waals surface area contributed by atoms with Crippen LogP contribution in [-0.2, 0) is 9.53 Å². The second-order valence-electron chi connectivity index (χ2n) is 5.91. The van der Waals surface area contributed by atoms with Crippen LogP contribution in [-0.4, -0.2) is 50.1 Å². The fourth-order valence-electron chi connectivity index (χ4n) is 3.20. The molecule has 0 unspecified atom stereocenters. The molecule has 1 saturated heterocycles. The fourth-order valence-corrected chi connectivity index (χ4v) is 3.20. The first-order valence-electron chi connectivity index (χ1n) is 7.80. The smallest absolute Gasteiger partial charge is 0.305 e. The van der Waals surface area contributed by atoms with E-state index in [0.717, 1.165) is 32.0 Å². The summed E-state index contributed by atoms with van der Waals surface area (Å²) in [6, 6.07) is 0. The average molecular weight is 281 g/mol. The minimum atomic E-state index is -0.112. The molecule has 0 aromatic rings. The van der Waals surface area contributed by atoms with E-state index in [1.54, 1.807) is 0 Å². The molecule has 0 amide bonds. The van der Waals surface area contributed by atoms with Crippen molar-refractivity contribution in [3.05, 3.63) is 0 Å². The second-order valence-corrected chi connectivity index (χ2v) is 5.91. The van der Waals surface area contributed by atoms with Crippen molar-refractivity contribution in [3.8, 4) is 0 Å². The molecule has 5 nitrogen and oxygen atoms in total. The molecule has 2 aliphatic rings. The first kappa shape index (κ1) is 15.1. The Balaban J connectivity index is 1.67. The van der Waals surface area contributed by atoms with Gasteiger partial charge in [-0.2, -0.15) is 0 Å². The van der Waals surface area contributed by atoms with E-state index in [1.165, 1.54) is 25.7 Å². The minimum absolute atomic E-state index is 0.112. The van der Waals surface area contributed by atoms with Crippen LogP contribution in [0.25, 0.3) is 0 Å². The van der Waals surface area contributed by atoms with Gasteiger partial charge in [-0.3, -0.25) is 9.79 Å². The van der Waals surface area contributed by atoms with Gasteiger partial charge in [-0.1, -0.05) is 6.42 Å². The fraction of sp³-hybridized carbons (Fsp3) is 0.867. The zero-order valence-electron chi connectivity index (χ0n) is 12.8. The standard InChI is InChI=1S/C15H27N3O2/c1-3-20-13(19)6-4-10-17-14(16-2)18-11-9-15(12-18)7-5-8-15/h3-12H2,1-2H3,(H,16,17). The van der Waals surface area contributed by atoms with Gasteiger partial charge in [0.15, 0.2) is 5.96 Å². The topological polar surface area (TPSA) is 53.9 Å². The molecule has 1 aliphatic heterocycles. The van der Waals surface area contributed by atoms with E-state index < -0.39 is 0 Å². The third kappa shape index (κ3) is 3.64. The first-order valence-corrected chi connectivity index (χ1v) is 7.80. The zero-order chi connectivity index (χ0) is 14.4. The summed E-state index contributed by atoms with van der Waals surface area (Å²) in [5.41, 5.74) is 0.586. The van der Waals surface area contributed by atoms with E-state index in [0.29, 0.717) is 18.4 Å². The van der Waals surface area contributed by atoms with E-state index in [4.69, 9.17) is 4.74 Å². The van der Waals surface area contributed by atoms with Crippen LogP contribution in [0.15, 0.2) is 4.99 Å². The first-order chi connectivity index (χ1) is 9.69. The predicted octanol–water partition coefficient (Wildman–Crippen LogP) is 1.78. The van der Waals surface area contributed by atoms with Crippen molar-refractivity contribution < 1.29 is 9.53 Å². The quantitative estimate of drug-likeness (QED) is 0.361. The predicted molar refractivity (Wildman–Crippen MR) is 79.7 cm³/mol. The van der Waals surface area contributed by atoms with Gasteiger partial charge >= 0.3 is 5.97 Å². The number of aliphatic imine (C=N–C) groups is 1. The number of carbonyl (C=O) groups is 1. The van der Waals surface area contributed by atoms with Gasteiger partial charge in [0.25, 0.3) is 0 Å². The van der Waals surface area contributed by atoms with Crippen molar-refractivity contribution in [3.63, 3.8) is 0 Å². The number of hydrogen-bond donors (Lipinski definition) is 1. The summed E-state index contributed by atoms with van der Waals surface area (Å²) in [5, 5.41) is 3.36. The summed E-state index contributed by atoms with van der Waals surface area (Å²) < 4.78 is 4.92. The lowest BCUT2D eigenvalue weighted by atomic mass is 9.68. The summed E-state index contributed by atoms with van der Waals surface area (Å²) in [7, 11) is 1.83. The normalized spacial score (nSPS) is 20.9. The van der Waals surface area contributed by atoms with Gasteiger partial charge in [-0.05, 0) is 38.0 Å². The third-order valence-corrected chi connectivity index (χ3v) is 4.51. The number of rotatable bonds is 5. The Kier molecular flexibility index (Phi) is 5.26. The summed E-state index contributed by atoms with van der Waals surface area (Å²) in [4.78, 5) is 18.0. The number of esters is 1. The molecule has 1 spiro atoms. The van der Waals surface area contributed by atoms with Crippen LogP contribution >= 0.6 is 0 Å². The van der Waals surface area contributed by atoms with Crippen LogP contribution in [0.4, 0.5) is 0 Å². The molecule has 1 aliphatic carbocycles. The average Bonchev–Trinajstić information content (AvgIpc) is 2.84. The summed E-state index contributed by atoms with van der Waals surface area (Å²) in [5.74, 6) is 0.872. The molecule has 1 N–H and O–H groups in total. The maximum absolute atomic E-state index is 11.3. The zero-order valence-corrected chi connectivity index (χ0v) is 12.8. The number of nitrogens with one attached hydrogen (secondary N) is 1. The molecule has 2 rings (SSSR count). The van der Waals surface area contributed by atoms with E-state index in [1.807, 2.05) is 14.0 Å². The number of carbonyl (C=O) groups excluding carboxylic acids is 1. The molecule has 114 valence electrons. The highest BCUT2D eigenvalue weighted by Gasteiger charge is 2.43. The lowest BCUT2D eigenvalue weighted by Crippen LogP contribution is -2.42. The van der Waals surface area contributed by atoms with Gasteiger partial charge in [-0.15, -0.1) is 0 Å². The Morgan fingerprint density at radius 1 is 1.40 bits per heavy atom. The molecule has 1 saturated carbocycles. The van der Waals surface area contributed by atoms with Gasteiger partial charge in [0.05, 0.1) is 6.61 Å². The van der Waals surface area contributed by atoms with Gasteiger partial charge in [-0.25, -0.2) is 0 Å². The third-order valence-electron chi connectivity index (χ3n) is 4.51. The Bertz CT molecular complexity index is 364. The van der Waals surface area contributed by atoms with Gasteiger partial charge in [0.1, 0.15) is 0 Å². The number of hydrogen-bond acceptors (Lipinski definition) is 3. The van der Waals surface area contributed by atoms with Crippen molar-refractivity contribution in [1.29, 1.82) is 0 Å². The summed E-state index contributed by atoms with van der Waals surface area (Å²) in [6.07, 6.45) is 6.71. The molecule has 1 heterocycles. The molecule has 0 atom stereocenters. The molecule has 0 aromatic heterocycles. The van der Waals surface area contributed by atoms with Crippen molar-refractivity contribution in [2.75, 3.05) is 33.3 Å². The van der Waals surface area contributed by atoms with Crippen LogP contribution in [0.5, 0.6) is 0 Å². The lowest BCUT2D eigenvalue weighted by Gasteiger charge is -2.38. The van der Waals surface area contributed by atoms with Crippen molar-refractivity contribution in [2.45, 2.75) is 45.4 Å². The Labute approximate surface area is 121 Å². The largest absolute Gasteiger partial charge is 0.466 e. The molecule has 0 bridgehead atoms. The van der Waals surface area contributed by atoms with Crippen molar-refractivity contribution in [2.24, 2.45) is 10.4 Å².